The van der Waals surface area contributed by atoms with Gasteiger partial charge in [0.15, 0.2) is 11.5 Å². The monoisotopic (exact) mass is 375 g/mol. The van der Waals surface area contributed by atoms with Gasteiger partial charge in [0.2, 0.25) is 0 Å². The van der Waals surface area contributed by atoms with E-state index in [1.165, 1.54) is 19.4 Å². The molecule has 0 aliphatic rings. The van der Waals surface area contributed by atoms with E-state index in [2.05, 4.69) is 15.8 Å². The van der Waals surface area contributed by atoms with E-state index in [1.54, 1.807) is 18.2 Å². The molecule has 0 saturated heterocycles. The highest BCUT2D eigenvalue weighted by molar-refractivity contribution is 6.30. The Bertz CT molecular complexity index is 809. The number of nitrogens with one attached hydrogen (secondary N) is 2. The summed E-state index contributed by atoms with van der Waals surface area (Å²) in [6.45, 7) is 3.84. The fourth-order valence-electron chi connectivity index (χ4n) is 2.35. The SMILES string of the molecule is CCC(Nc1ccc(Cl)cc1C)C(=O)NN=Cc1ccc(O)c(OC)c1. The van der Waals surface area contributed by atoms with Gasteiger partial charge in [-0.2, -0.15) is 5.10 Å². The predicted octanol–water partition coefficient (Wildman–Crippen LogP) is 3.70. The minimum atomic E-state index is -0.429. The van der Waals surface area contributed by atoms with Crippen LogP contribution in [-0.2, 0) is 4.79 Å². The molecule has 0 bridgehead atoms. The molecule has 0 saturated carbocycles. The first kappa shape index (κ1) is 19.6. The number of ether oxygens (including phenoxy) is 1. The number of hydrazone groups is 1. The molecule has 0 heterocycles. The second-order valence-corrected chi connectivity index (χ2v) is 6.17. The zero-order valence-electron chi connectivity index (χ0n) is 14.9. The zero-order valence-corrected chi connectivity index (χ0v) is 15.7. The molecule has 2 aromatic carbocycles. The summed E-state index contributed by atoms with van der Waals surface area (Å²) in [7, 11) is 1.47. The van der Waals surface area contributed by atoms with Crippen LogP contribution in [0.3, 0.4) is 0 Å². The van der Waals surface area contributed by atoms with Gasteiger partial charge in [-0.1, -0.05) is 18.5 Å². The third-order valence-electron chi connectivity index (χ3n) is 3.84. The maximum atomic E-state index is 12.3. The number of aromatic hydroxyl groups is 1. The maximum absolute atomic E-state index is 12.3. The number of amides is 1. The highest BCUT2D eigenvalue weighted by Gasteiger charge is 2.16. The highest BCUT2D eigenvalue weighted by atomic mass is 35.5. The molecule has 1 unspecified atom stereocenters. The summed E-state index contributed by atoms with van der Waals surface area (Å²) in [4.78, 5) is 12.3. The Morgan fingerprint density at radius 3 is 2.77 bits per heavy atom. The van der Waals surface area contributed by atoms with Crippen molar-refractivity contribution in [1.82, 2.24) is 5.43 Å². The Morgan fingerprint density at radius 2 is 2.12 bits per heavy atom. The van der Waals surface area contributed by atoms with Crippen molar-refractivity contribution in [3.63, 3.8) is 0 Å². The number of rotatable bonds is 7. The number of phenolic OH excluding ortho intramolecular Hbond substituents is 1. The van der Waals surface area contributed by atoms with E-state index in [0.717, 1.165) is 11.3 Å². The molecule has 2 rings (SSSR count). The molecule has 6 nitrogen and oxygen atoms in total. The molecule has 1 amide bonds. The zero-order chi connectivity index (χ0) is 19.1. The van der Waals surface area contributed by atoms with E-state index < -0.39 is 6.04 Å². The molecular weight excluding hydrogens is 354 g/mol. The molecule has 0 spiro atoms. The highest BCUT2D eigenvalue weighted by Crippen LogP contribution is 2.25. The lowest BCUT2D eigenvalue weighted by molar-refractivity contribution is -0.121. The van der Waals surface area contributed by atoms with Crippen molar-refractivity contribution >= 4 is 29.4 Å². The van der Waals surface area contributed by atoms with Crippen LogP contribution in [0.4, 0.5) is 5.69 Å². The van der Waals surface area contributed by atoms with Crippen molar-refractivity contribution in [1.29, 1.82) is 0 Å². The fraction of sp³-hybridized carbons (Fsp3) is 0.263. The quantitative estimate of drug-likeness (QED) is 0.509. The summed E-state index contributed by atoms with van der Waals surface area (Å²) < 4.78 is 5.04. The number of nitrogens with zero attached hydrogens (tertiary/aromatic N) is 1. The van der Waals surface area contributed by atoms with Gasteiger partial charge in [0.25, 0.3) is 5.91 Å². The average Bonchev–Trinajstić information content (AvgIpc) is 2.62. The Balaban J connectivity index is 2.00. The molecule has 0 aromatic heterocycles. The molecule has 0 radical (unpaired) electrons. The van der Waals surface area contributed by atoms with Gasteiger partial charge >= 0.3 is 0 Å². The van der Waals surface area contributed by atoms with Gasteiger partial charge in [0, 0.05) is 10.7 Å². The molecule has 138 valence electrons. The van der Waals surface area contributed by atoms with E-state index in [-0.39, 0.29) is 11.7 Å². The van der Waals surface area contributed by atoms with Crippen molar-refractivity contribution in [2.45, 2.75) is 26.3 Å². The van der Waals surface area contributed by atoms with Crippen LogP contribution in [0.2, 0.25) is 5.02 Å². The van der Waals surface area contributed by atoms with Crippen molar-refractivity contribution in [2.75, 3.05) is 12.4 Å². The van der Waals surface area contributed by atoms with Crippen molar-refractivity contribution in [2.24, 2.45) is 5.10 Å². The van der Waals surface area contributed by atoms with Crippen molar-refractivity contribution in [3.05, 3.63) is 52.5 Å². The van der Waals surface area contributed by atoms with Gasteiger partial charge in [-0.15, -0.1) is 0 Å². The molecule has 7 heteroatoms. The Labute approximate surface area is 157 Å². The largest absolute Gasteiger partial charge is 0.504 e. The molecule has 26 heavy (non-hydrogen) atoms. The number of carbonyl (C=O) groups is 1. The summed E-state index contributed by atoms with van der Waals surface area (Å²) in [6, 6.07) is 9.82. The molecule has 0 aliphatic carbocycles. The number of aryl methyl sites for hydroxylation is 1. The van der Waals surface area contributed by atoms with Crippen molar-refractivity contribution in [3.8, 4) is 11.5 Å². The standard InChI is InChI=1S/C19H22ClN3O3/c1-4-15(22-16-7-6-14(20)9-12(16)2)19(25)23-21-11-13-5-8-17(24)18(10-13)26-3/h5-11,15,22,24H,4H2,1-3H3,(H,23,25). The van der Waals surface area contributed by atoms with Crippen molar-refractivity contribution < 1.29 is 14.6 Å². The predicted molar refractivity (Wildman–Crippen MR) is 104 cm³/mol. The molecule has 0 fully saturated rings. The summed E-state index contributed by atoms with van der Waals surface area (Å²) in [5, 5.41) is 17.4. The Kier molecular flexibility index (Phi) is 6.86. The van der Waals surface area contributed by atoms with Gasteiger partial charge in [-0.25, -0.2) is 5.43 Å². The lowest BCUT2D eigenvalue weighted by Gasteiger charge is -2.18. The number of methoxy groups -OCH3 is 1. The third kappa shape index (κ3) is 5.13. The fourth-order valence-corrected chi connectivity index (χ4v) is 2.58. The Morgan fingerprint density at radius 1 is 1.35 bits per heavy atom. The molecule has 0 aliphatic heterocycles. The van der Waals surface area contributed by atoms with E-state index in [9.17, 15) is 9.90 Å². The number of hydrogen-bond acceptors (Lipinski definition) is 5. The smallest absolute Gasteiger partial charge is 0.262 e. The average molecular weight is 376 g/mol. The number of anilines is 1. The van der Waals surface area contributed by atoms with Crippen LogP contribution in [0.5, 0.6) is 11.5 Å². The van der Waals surface area contributed by atoms with Crippen LogP contribution in [0.25, 0.3) is 0 Å². The summed E-state index contributed by atoms with van der Waals surface area (Å²) in [5.74, 6) is 0.137. The first-order chi connectivity index (χ1) is 12.4. The number of halogens is 1. The molecule has 3 N–H and O–H groups in total. The van der Waals surface area contributed by atoms with Gasteiger partial charge in [-0.3, -0.25) is 4.79 Å². The first-order valence-electron chi connectivity index (χ1n) is 8.17. The minimum absolute atomic E-state index is 0.0438. The van der Waals surface area contributed by atoms with Crippen LogP contribution in [-0.4, -0.2) is 30.4 Å². The summed E-state index contributed by atoms with van der Waals surface area (Å²) in [6.07, 6.45) is 2.08. The lowest BCUT2D eigenvalue weighted by atomic mass is 10.1. The molecular formula is C19H22ClN3O3. The van der Waals surface area contributed by atoms with Crippen LogP contribution in [0.15, 0.2) is 41.5 Å². The normalized spacial score (nSPS) is 12.0. The van der Waals surface area contributed by atoms with E-state index >= 15 is 0 Å². The Hall–Kier alpha value is -2.73. The second-order valence-electron chi connectivity index (χ2n) is 5.73. The van der Waals surface area contributed by atoms with Crippen LogP contribution in [0, 0.1) is 6.92 Å². The number of hydrogen-bond donors (Lipinski definition) is 3. The van der Waals surface area contributed by atoms with Crippen LogP contribution in [0.1, 0.15) is 24.5 Å². The first-order valence-corrected chi connectivity index (χ1v) is 8.55. The van der Waals surface area contributed by atoms with E-state index in [0.29, 0.717) is 22.8 Å². The number of carbonyl (C=O) groups excluding carboxylic acids is 1. The third-order valence-corrected chi connectivity index (χ3v) is 4.07. The number of benzene rings is 2. The van der Waals surface area contributed by atoms with Gasteiger partial charge < -0.3 is 15.2 Å². The minimum Gasteiger partial charge on any atom is -0.504 e. The van der Waals surface area contributed by atoms with Crippen LogP contribution < -0.4 is 15.5 Å². The second kappa shape index (κ2) is 9.10. The summed E-state index contributed by atoms with van der Waals surface area (Å²) >= 11 is 5.96. The van der Waals surface area contributed by atoms with E-state index in [1.807, 2.05) is 26.0 Å². The molecule has 1 atom stereocenters. The number of phenols is 1. The van der Waals surface area contributed by atoms with E-state index in [4.69, 9.17) is 16.3 Å². The van der Waals surface area contributed by atoms with Gasteiger partial charge in [-0.05, 0) is 60.9 Å². The van der Waals surface area contributed by atoms with Gasteiger partial charge in [0.1, 0.15) is 6.04 Å². The van der Waals surface area contributed by atoms with Crippen LogP contribution >= 0.6 is 11.6 Å². The maximum Gasteiger partial charge on any atom is 0.262 e. The molecule has 2 aromatic rings. The summed E-state index contributed by atoms with van der Waals surface area (Å²) in [5.41, 5.74) is 5.03. The van der Waals surface area contributed by atoms with Gasteiger partial charge in [0.05, 0.1) is 13.3 Å². The lowest BCUT2D eigenvalue weighted by Crippen LogP contribution is -2.37. The topological polar surface area (TPSA) is 83.0 Å².